The van der Waals surface area contributed by atoms with Crippen molar-refractivity contribution in [2.75, 3.05) is 0 Å². The standard InChI is InChI=1S/C14H12F2OS/c1-8-4-3-5-10(14(16)13(8)15)12-7-18-9(2)11(12)6-17/h3,5-7H,4H2,1-2H3. The zero-order chi connectivity index (χ0) is 13.3. The largest absolute Gasteiger partial charge is 0.298 e. The van der Waals surface area contributed by atoms with Crippen molar-refractivity contribution in [3.8, 4) is 0 Å². The molecule has 0 atom stereocenters. The van der Waals surface area contributed by atoms with Gasteiger partial charge < -0.3 is 0 Å². The molecule has 0 aliphatic heterocycles. The molecule has 4 heteroatoms. The Morgan fingerprint density at radius 3 is 2.67 bits per heavy atom. The summed E-state index contributed by atoms with van der Waals surface area (Å²) >= 11 is 1.36. The third-order valence-corrected chi connectivity index (χ3v) is 3.87. The summed E-state index contributed by atoms with van der Waals surface area (Å²) in [6, 6.07) is 0. The Bertz CT molecular complexity index is 591. The van der Waals surface area contributed by atoms with Gasteiger partial charge in [-0.2, -0.15) is 0 Å². The summed E-state index contributed by atoms with van der Waals surface area (Å²) in [7, 11) is 0. The van der Waals surface area contributed by atoms with Crippen molar-refractivity contribution < 1.29 is 13.6 Å². The van der Waals surface area contributed by atoms with Crippen molar-refractivity contribution in [1.29, 1.82) is 0 Å². The van der Waals surface area contributed by atoms with E-state index in [0.717, 1.165) is 4.88 Å². The van der Waals surface area contributed by atoms with E-state index >= 15 is 0 Å². The van der Waals surface area contributed by atoms with Crippen LogP contribution in [-0.2, 0) is 0 Å². The highest BCUT2D eigenvalue weighted by atomic mass is 32.1. The van der Waals surface area contributed by atoms with Gasteiger partial charge in [-0.05, 0) is 31.2 Å². The molecule has 0 N–H and O–H groups in total. The van der Waals surface area contributed by atoms with Crippen molar-refractivity contribution >= 4 is 23.2 Å². The maximum atomic E-state index is 14.0. The summed E-state index contributed by atoms with van der Waals surface area (Å²) in [5.41, 5.74) is 1.41. The van der Waals surface area contributed by atoms with Crippen LogP contribution in [0.2, 0.25) is 0 Å². The van der Waals surface area contributed by atoms with E-state index in [-0.39, 0.29) is 5.57 Å². The number of carbonyl (C=O) groups is 1. The smallest absolute Gasteiger partial charge is 0.166 e. The van der Waals surface area contributed by atoms with Gasteiger partial charge in [0.05, 0.1) is 0 Å². The second kappa shape index (κ2) is 4.98. The predicted molar refractivity (Wildman–Crippen MR) is 70.0 cm³/mol. The van der Waals surface area contributed by atoms with Crippen molar-refractivity contribution in [1.82, 2.24) is 0 Å². The molecule has 1 aliphatic rings. The van der Waals surface area contributed by atoms with Gasteiger partial charge in [0.15, 0.2) is 17.9 Å². The number of halogens is 2. The van der Waals surface area contributed by atoms with E-state index in [2.05, 4.69) is 0 Å². The normalized spacial score (nSPS) is 16.2. The first-order chi connectivity index (χ1) is 8.56. The molecule has 0 saturated carbocycles. The van der Waals surface area contributed by atoms with Crippen LogP contribution in [0, 0.1) is 6.92 Å². The first kappa shape index (κ1) is 12.9. The van der Waals surface area contributed by atoms with Gasteiger partial charge in [-0.25, -0.2) is 8.78 Å². The van der Waals surface area contributed by atoms with Gasteiger partial charge in [-0.1, -0.05) is 12.2 Å². The third kappa shape index (κ3) is 2.08. The highest BCUT2D eigenvalue weighted by molar-refractivity contribution is 7.10. The molecule has 1 heterocycles. The Hall–Kier alpha value is -1.55. The van der Waals surface area contributed by atoms with Crippen LogP contribution in [0.15, 0.2) is 34.8 Å². The molecular weight excluding hydrogens is 254 g/mol. The van der Waals surface area contributed by atoms with Gasteiger partial charge in [-0.15, -0.1) is 11.3 Å². The summed E-state index contributed by atoms with van der Waals surface area (Å²) in [5, 5.41) is 1.69. The lowest BCUT2D eigenvalue weighted by atomic mass is 10.0. The van der Waals surface area contributed by atoms with E-state index in [0.29, 0.717) is 29.4 Å². The summed E-state index contributed by atoms with van der Waals surface area (Å²) in [6.07, 6.45) is 4.31. The number of aryl methyl sites for hydroxylation is 1. The second-order valence-electron chi connectivity index (χ2n) is 4.17. The Morgan fingerprint density at radius 2 is 2.00 bits per heavy atom. The molecule has 1 aromatic heterocycles. The van der Waals surface area contributed by atoms with Crippen LogP contribution in [0.3, 0.4) is 0 Å². The minimum absolute atomic E-state index is 0.149. The quantitative estimate of drug-likeness (QED) is 0.706. The molecule has 0 unspecified atom stereocenters. The van der Waals surface area contributed by atoms with Crippen LogP contribution < -0.4 is 0 Å². The fourth-order valence-electron chi connectivity index (χ4n) is 1.85. The maximum Gasteiger partial charge on any atom is 0.166 e. The monoisotopic (exact) mass is 266 g/mol. The van der Waals surface area contributed by atoms with Crippen LogP contribution in [0.5, 0.6) is 0 Å². The van der Waals surface area contributed by atoms with E-state index in [1.54, 1.807) is 31.4 Å². The van der Waals surface area contributed by atoms with Crippen molar-refractivity contribution in [3.05, 3.63) is 50.8 Å². The molecule has 94 valence electrons. The molecule has 1 aromatic rings. The topological polar surface area (TPSA) is 17.1 Å². The second-order valence-corrected chi connectivity index (χ2v) is 5.25. The summed E-state index contributed by atoms with van der Waals surface area (Å²) in [6.45, 7) is 3.34. The van der Waals surface area contributed by atoms with Crippen molar-refractivity contribution in [2.45, 2.75) is 20.3 Å². The van der Waals surface area contributed by atoms with Crippen molar-refractivity contribution in [3.63, 3.8) is 0 Å². The molecule has 2 rings (SSSR count). The van der Waals surface area contributed by atoms with Crippen LogP contribution in [0.1, 0.15) is 34.1 Å². The van der Waals surface area contributed by atoms with E-state index in [1.165, 1.54) is 11.3 Å². The van der Waals surface area contributed by atoms with E-state index in [1.807, 2.05) is 0 Å². The van der Waals surface area contributed by atoms with Crippen LogP contribution in [0.25, 0.3) is 5.57 Å². The van der Waals surface area contributed by atoms with E-state index < -0.39 is 11.7 Å². The van der Waals surface area contributed by atoms with Crippen LogP contribution >= 0.6 is 11.3 Å². The first-order valence-corrected chi connectivity index (χ1v) is 6.39. The molecular formula is C14H12F2OS. The van der Waals surface area contributed by atoms with Gasteiger partial charge in [0.2, 0.25) is 0 Å². The minimum Gasteiger partial charge on any atom is -0.298 e. The third-order valence-electron chi connectivity index (χ3n) is 2.94. The SMILES string of the molecule is CC1=C(F)C(F)=C(c2csc(C)c2C=O)C=CC1. The van der Waals surface area contributed by atoms with Crippen LogP contribution in [-0.4, -0.2) is 6.29 Å². The van der Waals surface area contributed by atoms with Gasteiger partial charge in [0.25, 0.3) is 0 Å². The molecule has 1 aliphatic carbocycles. The van der Waals surface area contributed by atoms with E-state index in [4.69, 9.17) is 0 Å². The molecule has 0 amide bonds. The van der Waals surface area contributed by atoms with Crippen molar-refractivity contribution in [2.24, 2.45) is 0 Å². The van der Waals surface area contributed by atoms with Gasteiger partial charge >= 0.3 is 0 Å². The lowest BCUT2D eigenvalue weighted by Crippen LogP contribution is -1.91. The Kier molecular flexibility index (Phi) is 3.57. The average molecular weight is 266 g/mol. The predicted octanol–water partition coefficient (Wildman–Crippen LogP) is 4.75. The number of thiophene rings is 1. The van der Waals surface area contributed by atoms with E-state index in [9.17, 15) is 13.6 Å². The number of allylic oxidation sites excluding steroid dienone is 6. The highest BCUT2D eigenvalue weighted by Crippen LogP contribution is 2.36. The number of hydrogen-bond donors (Lipinski definition) is 0. The first-order valence-electron chi connectivity index (χ1n) is 5.51. The van der Waals surface area contributed by atoms with Gasteiger partial charge in [-0.3, -0.25) is 4.79 Å². The zero-order valence-corrected chi connectivity index (χ0v) is 10.9. The molecule has 0 spiro atoms. The fourth-order valence-corrected chi connectivity index (χ4v) is 2.68. The zero-order valence-electron chi connectivity index (χ0n) is 10.1. The molecule has 0 fully saturated rings. The van der Waals surface area contributed by atoms with Gasteiger partial charge in [0.1, 0.15) is 0 Å². The molecule has 18 heavy (non-hydrogen) atoms. The Balaban J connectivity index is 2.66. The Labute approximate surface area is 108 Å². The minimum atomic E-state index is -0.887. The molecule has 0 saturated heterocycles. The average Bonchev–Trinajstić information content (AvgIpc) is 2.67. The maximum absolute atomic E-state index is 14.0. The lowest BCUT2D eigenvalue weighted by molar-refractivity contribution is 0.112. The summed E-state index contributed by atoms with van der Waals surface area (Å²) < 4.78 is 27.8. The molecule has 1 nitrogen and oxygen atoms in total. The van der Waals surface area contributed by atoms with Crippen LogP contribution in [0.4, 0.5) is 8.78 Å². The molecule has 0 aromatic carbocycles. The molecule has 0 radical (unpaired) electrons. The Morgan fingerprint density at radius 1 is 1.28 bits per heavy atom. The number of aldehydes is 1. The lowest BCUT2D eigenvalue weighted by Gasteiger charge is -2.03. The summed E-state index contributed by atoms with van der Waals surface area (Å²) in [5.74, 6) is -1.71. The number of hydrogen-bond acceptors (Lipinski definition) is 2. The molecule has 0 bridgehead atoms. The fraction of sp³-hybridized carbons (Fsp3) is 0.214. The van der Waals surface area contributed by atoms with Gasteiger partial charge in [0, 0.05) is 21.6 Å². The number of carbonyl (C=O) groups excluding carboxylic acids is 1. The summed E-state index contributed by atoms with van der Waals surface area (Å²) in [4.78, 5) is 11.8. The highest BCUT2D eigenvalue weighted by Gasteiger charge is 2.20. The number of rotatable bonds is 2.